The minimum absolute atomic E-state index is 0.207. The van der Waals surface area contributed by atoms with E-state index in [0.29, 0.717) is 23.1 Å². The summed E-state index contributed by atoms with van der Waals surface area (Å²) in [5.41, 5.74) is 7.28. The van der Waals surface area contributed by atoms with E-state index in [-0.39, 0.29) is 4.90 Å². The average Bonchev–Trinajstić information content (AvgIpc) is 2.85. The SMILES string of the molecule is Nc1ccc(S(=O)(=O)NCCc2ccsc2)cc1Br. The number of nitrogen functional groups attached to an aromatic ring is 1. The summed E-state index contributed by atoms with van der Waals surface area (Å²) in [6.45, 7) is 0.376. The molecule has 0 radical (unpaired) electrons. The molecule has 0 aliphatic rings. The third-order valence-corrected chi connectivity index (χ3v) is 5.45. The second kappa shape index (κ2) is 6.04. The van der Waals surface area contributed by atoms with Crippen molar-refractivity contribution in [1.82, 2.24) is 4.72 Å². The number of thiophene rings is 1. The Bertz CT molecular complexity index is 654. The van der Waals surface area contributed by atoms with Gasteiger partial charge >= 0.3 is 0 Å². The van der Waals surface area contributed by atoms with Gasteiger partial charge < -0.3 is 5.73 Å². The van der Waals surface area contributed by atoms with Crippen LogP contribution in [0.3, 0.4) is 0 Å². The lowest BCUT2D eigenvalue weighted by Gasteiger charge is -2.07. The van der Waals surface area contributed by atoms with Crippen molar-refractivity contribution < 1.29 is 8.42 Å². The van der Waals surface area contributed by atoms with Crippen LogP contribution in [-0.2, 0) is 16.4 Å². The van der Waals surface area contributed by atoms with E-state index in [1.165, 1.54) is 12.1 Å². The second-order valence-corrected chi connectivity index (χ2v) is 7.36. The number of hydrogen-bond acceptors (Lipinski definition) is 4. The van der Waals surface area contributed by atoms with Gasteiger partial charge in [-0.3, -0.25) is 0 Å². The molecule has 0 saturated heterocycles. The molecule has 1 aromatic heterocycles. The summed E-state index contributed by atoms with van der Waals surface area (Å²) >= 11 is 4.82. The molecule has 3 N–H and O–H groups in total. The molecule has 0 amide bonds. The van der Waals surface area contributed by atoms with E-state index < -0.39 is 10.0 Å². The number of nitrogens with two attached hydrogens (primary N) is 1. The van der Waals surface area contributed by atoms with E-state index in [0.717, 1.165) is 5.56 Å². The van der Waals surface area contributed by atoms with Crippen LogP contribution in [0.15, 0.2) is 44.4 Å². The van der Waals surface area contributed by atoms with Crippen molar-refractivity contribution in [3.8, 4) is 0 Å². The Balaban J connectivity index is 2.03. The monoisotopic (exact) mass is 360 g/mol. The van der Waals surface area contributed by atoms with E-state index in [1.807, 2.05) is 16.8 Å². The zero-order chi connectivity index (χ0) is 13.9. The Morgan fingerprint density at radius 2 is 2.11 bits per heavy atom. The first kappa shape index (κ1) is 14.5. The number of sulfonamides is 1. The molecular weight excluding hydrogens is 348 g/mol. The number of benzene rings is 1. The molecule has 0 bridgehead atoms. The van der Waals surface area contributed by atoms with Crippen molar-refractivity contribution >= 4 is 43.0 Å². The molecule has 7 heteroatoms. The Morgan fingerprint density at radius 3 is 2.74 bits per heavy atom. The Hall–Kier alpha value is -0.890. The molecule has 0 aliphatic carbocycles. The van der Waals surface area contributed by atoms with E-state index >= 15 is 0 Å². The fraction of sp³-hybridized carbons (Fsp3) is 0.167. The second-order valence-electron chi connectivity index (χ2n) is 3.96. The van der Waals surface area contributed by atoms with Gasteiger partial charge in [0.05, 0.1) is 4.90 Å². The highest BCUT2D eigenvalue weighted by molar-refractivity contribution is 9.10. The van der Waals surface area contributed by atoms with E-state index in [1.54, 1.807) is 17.4 Å². The minimum atomic E-state index is -3.48. The van der Waals surface area contributed by atoms with Gasteiger partial charge in [-0.15, -0.1) is 0 Å². The van der Waals surface area contributed by atoms with Crippen LogP contribution in [0.4, 0.5) is 5.69 Å². The molecule has 0 spiro atoms. The molecule has 2 rings (SSSR count). The number of hydrogen-bond donors (Lipinski definition) is 2. The van der Waals surface area contributed by atoms with Gasteiger partial charge in [-0.05, 0) is 62.9 Å². The molecular formula is C12H13BrN2O2S2. The highest BCUT2D eigenvalue weighted by Crippen LogP contribution is 2.22. The number of halogens is 1. The topological polar surface area (TPSA) is 72.2 Å². The molecule has 0 fully saturated rings. The van der Waals surface area contributed by atoms with Crippen LogP contribution in [0.25, 0.3) is 0 Å². The fourth-order valence-electron chi connectivity index (χ4n) is 1.52. The van der Waals surface area contributed by atoms with Crippen molar-refractivity contribution in [1.29, 1.82) is 0 Å². The molecule has 1 heterocycles. The van der Waals surface area contributed by atoms with Crippen molar-refractivity contribution in [2.45, 2.75) is 11.3 Å². The number of anilines is 1. The quantitative estimate of drug-likeness (QED) is 0.805. The van der Waals surface area contributed by atoms with Gasteiger partial charge in [-0.25, -0.2) is 13.1 Å². The molecule has 4 nitrogen and oxygen atoms in total. The zero-order valence-electron chi connectivity index (χ0n) is 9.97. The van der Waals surface area contributed by atoms with E-state index in [2.05, 4.69) is 20.7 Å². The minimum Gasteiger partial charge on any atom is -0.398 e. The molecule has 0 atom stereocenters. The lowest BCUT2D eigenvalue weighted by atomic mass is 10.2. The third-order valence-electron chi connectivity index (χ3n) is 2.57. The van der Waals surface area contributed by atoms with Crippen molar-refractivity contribution in [2.24, 2.45) is 0 Å². The first-order chi connectivity index (χ1) is 8.99. The van der Waals surface area contributed by atoms with Gasteiger partial charge in [-0.1, -0.05) is 0 Å². The lowest BCUT2D eigenvalue weighted by Crippen LogP contribution is -2.25. The molecule has 0 aliphatic heterocycles. The van der Waals surface area contributed by atoms with Crippen LogP contribution in [-0.4, -0.2) is 15.0 Å². The Morgan fingerprint density at radius 1 is 1.32 bits per heavy atom. The summed E-state index contributed by atoms with van der Waals surface area (Å²) in [7, 11) is -3.48. The molecule has 19 heavy (non-hydrogen) atoms. The van der Waals surface area contributed by atoms with Crippen LogP contribution < -0.4 is 10.5 Å². The van der Waals surface area contributed by atoms with Gasteiger partial charge in [0, 0.05) is 16.7 Å². The lowest BCUT2D eigenvalue weighted by molar-refractivity contribution is 0.581. The van der Waals surface area contributed by atoms with Crippen LogP contribution in [0.2, 0.25) is 0 Å². The molecule has 102 valence electrons. The predicted molar refractivity (Wildman–Crippen MR) is 81.8 cm³/mol. The van der Waals surface area contributed by atoms with Crippen molar-refractivity contribution in [3.05, 3.63) is 45.1 Å². The summed E-state index contributed by atoms with van der Waals surface area (Å²) < 4.78 is 27.3. The van der Waals surface area contributed by atoms with Crippen LogP contribution in [0.1, 0.15) is 5.56 Å². The summed E-state index contributed by atoms with van der Waals surface area (Å²) in [6.07, 6.45) is 0.679. The number of nitrogens with one attached hydrogen (secondary N) is 1. The first-order valence-electron chi connectivity index (χ1n) is 5.55. The van der Waals surface area contributed by atoms with E-state index in [4.69, 9.17) is 5.73 Å². The highest BCUT2D eigenvalue weighted by Gasteiger charge is 2.14. The molecule has 1 aromatic carbocycles. The summed E-state index contributed by atoms with van der Waals surface area (Å²) in [5, 5.41) is 3.98. The maximum Gasteiger partial charge on any atom is 0.240 e. The van der Waals surface area contributed by atoms with Gasteiger partial charge in [0.1, 0.15) is 0 Å². The van der Waals surface area contributed by atoms with Crippen molar-refractivity contribution in [2.75, 3.05) is 12.3 Å². The van der Waals surface area contributed by atoms with Crippen molar-refractivity contribution in [3.63, 3.8) is 0 Å². The van der Waals surface area contributed by atoms with Crippen LogP contribution in [0, 0.1) is 0 Å². The normalized spacial score (nSPS) is 11.6. The largest absolute Gasteiger partial charge is 0.398 e. The fourth-order valence-corrected chi connectivity index (χ4v) is 3.81. The summed E-state index contributed by atoms with van der Waals surface area (Å²) in [4.78, 5) is 0.207. The Kier molecular flexibility index (Phi) is 4.62. The van der Waals surface area contributed by atoms with Gasteiger partial charge in [0.25, 0.3) is 0 Å². The highest BCUT2D eigenvalue weighted by atomic mass is 79.9. The maximum atomic E-state index is 12.1. The Labute approximate surface area is 124 Å². The van der Waals surface area contributed by atoms with Gasteiger partial charge in [-0.2, -0.15) is 11.3 Å². The molecule has 0 saturated carbocycles. The zero-order valence-corrected chi connectivity index (χ0v) is 13.2. The maximum absolute atomic E-state index is 12.1. The van der Waals surface area contributed by atoms with E-state index in [9.17, 15) is 8.42 Å². The summed E-state index contributed by atoms with van der Waals surface area (Å²) in [5.74, 6) is 0. The van der Waals surface area contributed by atoms with Gasteiger partial charge in [0.2, 0.25) is 10.0 Å². The van der Waals surface area contributed by atoms with Crippen LogP contribution >= 0.6 is 27.3 Å². The number of rotatable bonds is 5. The molecule has 2 aromatic rings. The average molecular weight is 361 g/mol. The first-order valence-corrected chi connectivity index (χ1v) is 8.77. The predicted octanol–water partition coefficient (Wildman–Crippen LogP) is 2.61. The molecule has 0 unspecified atom stereocenters. The van der Waals surface area contributed by atoms with Gasteiger partial charge in [0.15, 0.2) is 0 Å². The smallest absolute Gasteiger partial charge is 0.240 e. The van der Waals surface area contributed by atoms with Crippen LogP contribution in [0.5, 0.6) is 0 Å². The third kappa shape index (κ3) is 3.79. The summed E-state index contributed by atoms with van der Waals surface area (Å²) in [6, 6.07) is 6.55. The standard InChI is InChI=1S/C12H13BrN2O2S2/c13-11-7-10(1-2-12(11)14)19(16,17)15-5-3-9-4-6-18-8-9/h1-2,4,6-8,15H,3,5,14H2.